The lowest BCUT2D eigenvalue weighted by Gasteiger charge is -2.23. The van der Waals surface area contributed by atoms with Crippen LogP contribution in [0.25, 0.3) is 0 Å². The second-order valence-corrected chi connectivity index (χ2v) is 3.87. The molecule has 3 nitrogen and oxygen atoms in total. The third-order valence-electron chi connectivity index (χ3n) is 2.18. The minimum absolute atomic E-state index is 0.0959. The van der Waals surface area contributed by atoms with Crippen molar-refractivity contribution in [1.82, 2.24) is 10.3 Å². The molecule has 0 aliphatic carbocycles. The monoisotopic (exact) mass is 182 g/mol. The molecule has 1 aromatic heterocycles. The van der Waals surface area contributed by atoms with Crippen molar-refractivity contribution in [1.29, 1.82) is 0 Å². The van der Waals surface area contributed by atoms with E-state index >= 15 is 0 Å². The van der Waals surface area contributed by atoms with Gasteiger partial charge in [-0.2, -0.15) is 0 Å². The number of rotatable bonds is 5. The van der Waals surface area contributed by atoms with E-state index in [0.29, 0.717) is 6.54 Å². The van der Waals surface area contributed by atoms with E-state index in [2.05, 4.69) is 30.2 Å². The average Bonchev–Trinajstić information content (AvgIpc) is 2.56. The highest BCUT2D eigenvalue weighted by molar-refractivity contribution is 5.15. The van der Waals surface area contributed by atoms with Crippen LogP contribution in [0.3, 0.4) is 0 Å². The number of aliphatic hydroxyl groups excluding tert-OH is 1. The molecule has 0 aliphatic rings. The molecule has 0 unspecified atom stereocenters. The van der Waals surface area contributed by atoms with Crippen molar-refractivity contribution in [2.24, 2.45) is 0 Å². The van der Waals surface area contributed by atoms with Crippen LogP contribution in [0.1, 0.15) is 19.5 Å². The molecule has 0 aliphatic heterocycles. The summed E-state index contributed by atoms with van der Waals surface area (Å²) in [5.41, 5.74) is 1.32. The molecular formula is C10H18N2O. The van der Waals surface area contributed by atoms with Gasteiger partial charge < -0.3 is 15.4 Å². The van der Waals surface area contributed by atoms with Gasteiger partial charge in [-0.1, -0.05) is 13.8 Å². The van der Waals surface area contributed by atoms with Gasteiger partial charge in [0, 0.05) is 30.4 Å². The fourth-order valence-electron chi connectivity index (χ4n) is 1.33. The van der Waals surface area contributed by atoms with Crippen LogP contribution in [-0.2, 0) is 5.41 Å². The fourth-order valence-corrected chi connectivity index (χ4v) is 1.33. The number of aliphatic hydroxyl groups is 1. The normalized spacial score (nSPS) is 11.9. The van der Waals surface area contributed by atoms with Crippen LogP contribution >= 0.6 is 0 Å². The van der Waals surface area contributed by atoms with Crippen molar-refractivity contribution in [3.63, 3.8) is 0 Å². The Bertz CT molecular complexity index is 229. The molecule has 1 aromatic rings. The third kappa shape index (κ3) is 2.86. The van der Waals surface area contributed by atoms with E-state index in [9.17, 15) is 0 Å². The minimum atomic E-state index is 0.0959. The minimum Gasteiger partial charge on any atom is -0.395 e. The Labute approximate surface area is 79.2 Å². The Balaban J connectivity index is 2.46. The largest absolute Gasteiger partial charge is 0.395 e. The highest BCUT2D eigenvalue weighted by Gasteiger charge is 2.20. The summed E-state index contributed by atoms with van der Waals surface area (Å²) in [7, 11) is 0. The third-order valence-corrected chi connectivity index (χ3v) is 2.18. The lowest BCUT2D eigenvalue weighted by molar-refractivity contribution is 0.286. The van der Waals surface area contributed by atoms with Gasteiger partial charge in [-0.15, -0.1) is 0 Å². The van der Waals surface area contributed by atoms with Crippen molar-refractivity contribution in [3.8, 4) is 0 Å². The molecule has 0 saturated heterocycles. The number of aromatic nitrogens is 1. The molecule has 0 aromatic carbocycles. The number of nitrogens with one attached hydrogen (secondary N) is 2. The maximum Gasteiger partial charge on any atom is 0.0555 e. The van der Waals surface area contributed by atoms with Gasteiger partial charge in [-0.05, 0) is 12.1 Å². The maximum atomic E-state index is 8.62. The van der Waals surface area contributed by atoms with Crippen LogP contribution in [0.2, 0.25) is 0 Å². The number of hydrogen-bond acceptors (Lipinski definition) is 2. The fraction of sp³-hybridized carbons (Fsp3) is 0.600. The maximum absolute atomic E-state index is 8.62. The topological polar surface area (TPSA) is 48.0 Å². The molecule has 0 atom stereocenters. The predicted octanol–water partition coefficient (Wildman–Crippen LogP) is 0.874. The van der Waals surface area contributed by atoms with Crippen LogP contribution in [0.15, 0.2) is 18.3 Å². The predicted molar refractivity (Wildman–Crippen MR) is 53.8 cm³/mol. The summed E-state index contributed by atoms with van der Waals surface area (Å²) in [6.45, 7) is 6.06. The Morgan fingerprint density at radius 3 is 2.85 bits per heavy atom. The van der Waals surface area contributed by atoms with E-state index in [1.54, 1.807) is 0 Å². The summed E-state index contributed by atoms with van der Waals surface area (Å²) >= 11 is 0. The van der Waals surface area contributed by atoms with Crippen molar-refractivity contribution < 1.29 is 5.11 Å². The van der Waals surface area contributed by atoms with E-state index in [4.69, 9.17) is 5.11 Å². The lowest BCUT2D eigenvalue weighted by Crippen LogP contribution is -2.34. The van der Waals surface area contributed by atoms with E-state index < -0.39 is 0 Å². The molecule has 1 rings (SSSR count). The zero-order valence-corrected chi connectivity index (χ0v) is 8.30. The molecule has 74 valence electrons. The second kappa shape index (κ2) is 4.44. The number of H-pyrrole nitrogens is 1. The standard InChI is InChI=1S/C10H18N2O/c1-10(2,8-11-6-7-13)9-4-3-5-12-9/h3-5,11-13H,6-8H2,1-2H3. The van der Waals surface area contributed by atoms with Crippen LogP contribution < -0.4 is 5.32 Å². The Hall–Kier alpha value is -0.800. The molecule has 3 heteroatoms. The summed E-state index contributed by atoms with van der Waals surface area (Å²) in [4.78, 5) is 3.20. The SMILES string of the molecule is CC(C)(CNCCO)c1ccc[nH]1. The molecule has 1 heterocycles. The highest BCUT2D eigenvalue weighted by Crippen LogP contribution is 2.19. The van der Waals surface area contributed by atoms with Crippen LogP contribution in [0.4, 0.5) is 0 Å². The van der Waals surface area contributed by atoms with E-state index in [1.807, 2.05) is 12.3 Å². The van der Waals surface area contributed by atoms with Crippen molar-refractivity contribution in [2.75, 3.05) is 19.7 Å². The van der Waals surface area contributed by atoms with Gasteiger partial charge in [-0.25, -0.2) is 0 Å². The van der Waals surface area contributed by atoms with Crippen LogP contribution in [0, 0.1) is 0 Å². The van der Waals surface area contributed by atoms with Gasteiger partial charge in [0.15, 0.2) is 0 Å². The summed E-state index contributed by atoms with van der Waals surface area (Å²) in [5, 5.41) is 11.8. The van der Waals surface area contributed by atoms with Crippen molar-refractivity contribution >= 4 is 0 Å². The average molecular weight is 182 g/mol. The summed E-state index contributed by atoms with van der Waals surface area (Å²) in [6.07, 6.45) is 1.93. The number of hydrogen-bond donors (Lipinski definition) is 3. The smallest absolute Gasteiger partial charge is 0.0555 e. The Kier molecular flexibility index (Phi) is 3.51. The van der Waals surface area contributed by atoms with Crippen molar-refractivity contribution in [3.05, 3.63) is 24.0 Å². The molecule has 0 saturated carbocycles. The Morgan fingerprint density at radius 1 is 1.54 bits per heavy atom. The molecule has 0 bridgehead atoms. The van der Waals surface area contributed by atoms with Gasteiger partial charge in [0.05, 0.1) is 6.61 Å². The summed E-state index contributed by atoms with van der Waals surface area (Å²) in [6, 6.07) is 4.09. The van der Waals surface area contributed by atoms with Crippen LogP contribution in [-0.4, -0.2) is 29.8 Å². The molecule has 0 radical (unpaired) electrons. The molecule has 3 N–H and O–H groups in total. The highest BCUT2D eigenvalue weighted by atomic mass is 16.3. The lowest BCUT2D eigenvalue weighted by atomic mass is 9.89. The number of aromatic amines is 1. The molecule has 0 amide bonds. The van der Waals surface area contributed by atoms with Gasteiger partial charge in [-0.3, -0.25) is 0 Å². The molecule has 0 spiro atoms. The van der Waals surface area contributed by atoms with E-state index in [1.165, 1.54) is 5.69 Å². The van der Waals surface area contributed by atoms with E-state index in [0.717, 1.165) is 6.54 Å². The first-order valence-electron chi connectivity index (χ1n) is 4.62. The molecule has 13 heavy (non-hydrogen) atoms. The second-order valence-electron chi connectivity index (χ2n) is 3.87. The zero-order valence-electron chi connectivity index (χ0n) is 8.30. The summed E-state index contributed by atoms with van der Waals surface area (Å²) in [5.74, 6) is 0. The summed E-state index contributed by atoms with van der Waals surface area (Å²) < 4.78 is 0. The first kappa shape index (κ1) is 10.3. The Morgan fingerprint density at radius 2 is 2.31 bits per heavy atom. The zero-order chi connectivity index (χ0) is 9.73. The van der Waals surface area contributed by atoms with Gasteiger partial charge in [0.25, 0.3) is 0 Å². The van der Waals surface area contributed by atoms with E-state index in [-0.39, 0.29) is 12.0 Å². The molecule has 0 fully saturated rings. The molecular weight excluding hydrogens is 164 g/mol. The van der Waals surface area contributed by atoms with Gasteiger partial charge in [0.1, 0.15) is 0 Å². The van der Waals surface area contributed by atoms with Gasteiger partial charge >= 0.3 is 0 Å². The van der Waals surface area contributed by atoms with Gasteiger partial charge in [0.2, 0.25) is 0 Å². The van der Waals surface area contributed by atoms with Crippen LogP contribution in [0.5, 0.6) is 0 Å². The van der Waals surface area contributed by atoms with Crippen molar-refractivity contribution in [2.45, 2.75) is 19.3 Å². The first-order valence-corrected chi connectivity index (χ1v) is 4.62. The first-order chi connectivity index (χ1) is 6.17. The quantitative estimate of drug-likeness (QED) is 0.592.